The van der Waals surface area contributed by atoms with E-state index in [1.54, 1.807) is 16.9 Å². The Hall–Kier alpha value is -3.61. The van der Waals surface area contributed by atoms with Crippen LogP contribution >= 0.6 is 0 Å². The fourth-order valence-electron chi connectivity index (χ4n) is 3.37. The first-order valence-corrected chi connectivity index (χ1v) is 9.56. The largest absolute Gasteiger partial charge is 0.319 e. The highest BCUT2D eigenvalue weighted by Gasteiger charge is 2.20. The van der Waals surface area contributed by atoms with Crippen molar-refractivity contribution in [1.82, 2.24) is 14.8 Å². The summed E-state index contributed by atoms with van der Waals surface area (Å²) >= 11 is 0. The first kappa shape index (κ1) is 19.7. The highest BCUT2D eigenvalue weighted by molar-refractivity contribution is 6.12. The lowest BCUT2D eigenvalue weighted by atomic mass is 10.0. The normalized spacial score (nSPS) is 11.3. The van der Waals surface area contributed by atoms with E-state index < -0.39 is 17.5 Å². The van der Waals surface area contributed by atoms with Gasteiger partial charge < -0.3 is 5.32 Å². The number of carbonyl (C=O) groups excluding carboxylic acids is 1. The van der Waals surface area contributed by atoms with Gasteiger partial charge in [0.15, 0.2) is 5.65 Å². The fourth-order valence-corrected chi connectivity index (χ4v) is 3.37. The molecule has 4 aromatic rings. The molecule has 0 aliphatic carbocycles. The number of carbonyl (C=O) groups is 1. The molecular formula is C23H20F2N4O. The molecule has 2 aromatic carbocycles. The van der Waals surface area contributed by atoms with Crippen LogP contribution in [0.15, 0.2) is 54.7 Å². The highest BCUT2D eigenvalue weighted by Crippen LogP contribution is 2.29. The van der Waals surface area contributed by atoms with E-state index in [1.807, 2.05) is 45.0 Å². The van der Waals surface area contributed by atoms with Crippen molar-refractivity contribution in [3.63, 3.8) is 0 Å². The summed E-state index contributed by atoms with van der Waals surface area (Å²) in [6.45, 7) is 5.90. The third-order valence-electron chi connectivity index (χ3n) is 4.90. The van der Waals surface area contributed by atoms with Gasteiger partial charge in [-0.05, 0) is 44.5 Å². The standard InChI is InChI=1S/C23H20F2N4O/c1-13(2)29-22-18(12-26-29)17(11-20(27-22)16-7-5-4-6-14(16)3)23(30)28-21-10-15(24)8-9-19(21)25/h4-13H,1-3H3,(H,28,30). The summed E-state index contributed by atoms with van der Waals surface area (Å²) in [6.07, 6.45) is 1.57. The van der Waals surface area contributed by atoms with Crippen molar-refractivity contribution in [3.8, 4) is 11.3 Å². The van der Waals surface area contributed by atoms with Gasteiger partial charge in [0.1, 0.15) is 11.6 Å². The number of amides is 1. The van der Waals surface area contributed by atoms with Gasteiger partial charge in [-0.1, -0.05) is 24.3 Å². The van der Waals surface area contributed by atoms with Gasteiger partial charge >= 0.3 is 0 Å². The molecule has 0 saturated heterocycles. The zero-order valence-corrected chi connectivity index (χ0v) is 16.8. The molecule has 0 aliphatic heterocycles. The molecule has 2 aromatic heterocycles. The van der Waals surface area contributed by atoms with Gasteiger partial charge in [-0.25, -0.2) is 18.4 Å². The van der Waals surface area contributed by atoms with Gasteiger partial charge in [0, 0.05) is 17.7 Å². The zero-order valence-electron chi connectivity index (χ0n) is 16.8. The molecule has 0 fully saturated rings. The highest BCUT2D eigenvalue weighted by atomic mass is 19.1. The lowest BCUT2D eigenvalue weighted by Gasteiger charge is -2.12. The predicted octanol–water partition coefficient (Wildman–Crippen LogP) is 5.52. The van der Waals surface area contributed by atoms with Crippen molar-refractivity contribution < 1.29 is 13.6 Å². The van der Waals surface area contributed by atoms with Crippen molar-refractivity contribution >= 4 is 22.6 Å². The molecule has 30 heavy (non-hydrogen) atoms. The summed E-state index contributed by atoms with van der Waals surface area (Å²) in [6, 6.07) is 12.3. The quantitative estimate of drug-likeness (QED) is 0.486. The Morgan fingerprint density at radius 2 is 1.87 bits per heavy atom. The summed E-state index contributed by atoms with van der Waals surface area (Å²) in [5, 5.41) is 7.38. The van der Waals surface area contributed by atoms with Gasteiger partial charge in [0.05, 0.1) is 28.5 Å². The van der Waals surface area contributed by atoms with Crippen LogP contribution in [-0.4, -0.2) is 20.7 Å². The average Bonchev–Trinajstić information content (AvgIpc) is 3.14. The molecule has 4 rings (SSSR count). The zero-order chi connectivity index (χ0) is 21.4. The Kier molecular flexibility index (Phi) is 5.03. The van der Waals surface area contributed by atoms with Gasteiger partial charge in [-0.2, -0.15) is 5.10 Å². The van der Waals surface area contributed by atoms with Gasteiger partial charge in [-0.15, -0.1) is 0 Å². The Morgan fingerprint density at radius 3 is 2.60 bits per heavy atom. The molecule has 0 aliphatic rings. The molecule has 152 valence electrons. The number of aromatic nitrogens is 3. The van der Waals surface area contributed by atoms with E-state index in [2.05, 4.69) is 10.4 Å². The second-order valence-corrected chi connectivity index (χ2v) is 7.37. The molecule has 1 amide bonds. The Balaban J connectivity index is 1.88. The van der Waals surface area contributed by atoms with Crippen molar-refractivity contribution in [2.45, 2.75) is 26.8 Å². The van der Waals surface area contributed by atoms with E-state index in [1.165, 1.54) is 0 Å². The lowest BCUT2D eigenvalue weighted by Crippen LogP contribution is -2.14. The minimum Gasteiger partial charge on any atom is -0.319 e. The van der Waals surface area contributed by atoms with E-state index in [9.17, 15) is 13.6 Å². The number of pyridine rings is 1. The van der Waals surface area contributed by atoms with E-state index in [0.29, 0.717) is 16.7 Å². The molecule has 0 bridgehead atoms. The number of hydrogen-bond acceptors (Lipinski definition) is 3. The smallest absolute Gasteiger partial charge is 0.256 e. The minimum atomic E-state index is -0.716. The average molecular weight is 406 g/mol. The number of benzene rings is 2. The van der Waals surface area contributed by atoms with Gasteiger partial charge in [0.2, 0.25) is 0 Å². The number of nitrogens with one attached hydrogen (secondary N) is 1. The van der Waals surface area contributed by atoms with Gasteiger partial charge in [-0.3, -0.25) is 4.79 Å². The van der Waals surface area contributed by atoms with Crippen molar-refractivity contribution in [2.24, 2.45) is 0 Å². The van der Waals surface area contributed by atoms with Crippen molar-refractivity contribution in [3.05, 3.63) is 77.5 Å². The monoisotopic (exact) mass is 406 g/mol. The Morgan fingerprint density at radius 1 is 1.10 bits per heavy atom. The first-order chi connectivity index (χ1) is 14.3. The molecule has 0 radical (unpaired) electrons. The molecule has 7 heteroatoms. The summed E-state index contributed by atoms with van der Waals surface area (Å²) in [4.78, 5) is 17.8. The molecule has 1 N–H and O–H groups in total. The number of rotatable bonds is 4. The summed E-state index contributed by atoms with van der Waals surface area (Å²) in [5.74, 6) is -1.92. The number of aryl methyl sites for hydroxylation is 1. The van der Waals surface area contributed by atoms with E-state index in [-0.39, 0.29) is 17.3 Å². The number of hydrogen-bond donors (Lipinski definition) is 1. The molecule has 0 atom stereocenters. The maximum atomic E-state index is 14.1. The summed E-state index contributed by atoms with van der Waals surface area (Å²) < 4.78 is 29.3. The second kappa shape index (κ2) is 7.67. The van der Waals surface area contributed by atoms with Crippen LogP contribution in [0.3, 0.4) is 0 Å². The molecular weight excluding hydrogens is 386 g/mol. The Bertz CT molecular complexity index is 1260. The number of anilines is 1. The summed E-state index contributed by atoms with van der Waals surface area (Å²) in [5.41, 5.74) is 3.10. The molecule has 2 heterocycles. The minimum absolute atomic E-state index is 0.0266. The predicted molar refractivity (Wildman–Crippen MR) is 112 cm³/mol. The fraction of sp³-hybridized carbons (Fsp3) is 0.174. The van der Waals surface area contributed by atoms with Crippen LogP contribution in [0.2, 0.25) is 0 Å². The third kappa shape index (κ3) is 3.54. The van der Waals surface area contributed by atoms with Crippen LogP contribution in [0.4, 0.5) is 14.5 Å². The van der Waals surface area contributed by atoms with Crippen molar-refractivity contribution in [1.29, 1.82) is 0 Å². The second-order valence-electron chi connectivity index (χ2n) is 7.37. The van der Waals surface area contributed by atoms with Crippen LogP contribution in [0, 0.1) is 18.6 Å². The van der Waals surface area contributed by atoms with Crippen LogP contribution < -0.4 is 5.32 Å². The maximum absolute atomic E-state index is 14.1. The van der Waals surface area contributed by atoms with Crippen LogP contribution in [0.25, 0.3) is 22.3 Å². The number of halogens is 2. The topological polar surface area (TPSA) is 59.8 Å². The molecule has 0 saturated carbocycles. The van der Waals surface area contributed by atoms with Crippen LogP contribution in [0.1, 0.15) is 35.8 Å². The van der Waals surface area contributed by atoms with Crippen LogP contribution in [-0.2, 0) is 0 Å². The summed E-state index contributed by atoms with van der Waals surface area (Å²) in [7, 11) is 0. The Labute approximate surface area is 172 Å². The maximum Gasteiger partial charge on any atom is 0.256 e. The van der Waals surface area contributed by atoms with E-state index in [4.69, 9.17) is 4.98 Å². The molecule has 0 spiro atoms. The number of nitrogens with zero attached hydrogens (tertiary/aromatic N) is 3. The van der Waals surface area contributed by atoms with Crippen molar-refractivity contribution in [2.75, 3.05) is 5.32 Å². The van der Waals surface area contributed by atoms with Crippen LogP contribution in [0.5, 0.6) is 0 Å². The third-order valence-corrected chi connectivity index (χ3v) is 4.90. The molecule has 0 unspecified atom stereocenters. The number of fused-ring (bicyclic) bond motifs is 1. The van der Waals surface area contributed by atoms with Gasteiger partial charge in [0.25, 0.3) is 5.91 Å². The van der Waals surface area contributed by atoms with E-state index in [0.717, 1.165) is 29.3 Å². The molecule has 5 nitrogen and oxygen atoms in total. The first-order valence-electron chi connectivity index (χ1n) is 9.56. The SMILES string of the molecule is Cc1ccccc1-c1cc(C(=O)Nc2cc(F)ccc2F)c2cnn(C(C)C)c2n1. The lowest BCUT2D eigenvalue weighted by molar-refractivity contribution is 0.102. The van der Waals surface area contributed by atoms with E-state index >= 15 is 0 Å².